The zero-order valence-corrected chi connectivity index (χ0v) is 11.8. The highest BCUT2D eigenvalue weighted by Gasteiger charge is 2.12. The highest BCUT2D eigenvalue weighted by molar-refractivity contribution is 6.31. The summed E-state index contributed by atoms with van der Waals surface area (Å²) in [6, 6.07) is 5.36. The van der Waals surface area contributed by atoms with Crippen LogP contribution >= 0.6 is 11.6 Å². The molecule has 0 bridgehead atoms. The third-order valence-electron chi connectivity index (χ3n) is 2.94. The van der Waals surface area contributed by atoms with Gasteiger partial charge < -0.3 is 0 Å². The molecular weight excluding hydrogens is 262 g/mol. The molecule has 1 heterocycles. The Bertz CT molecular complexity index is 592. The second kappa shape index (κ2) is 5.97. The molecule has 2 rings (SSSR count). The number of hydrogen-bond acceptors (Lipinski definition) is 3. The molecule has 0 spiro atoms. The van der Waals surface area contributed by atoms with Crippen molar-refractivity contribution in [2.75, 3.05) is 0 Å². The number of nitrogens with zero attached hydrogens (tertiary/aromatic N) is 3. The Hall–Kier alpha value is -1.68. The van der Waals surface area contributed by atoms with Gasteiger partial charge in [-0.25, -0.2) is 9.67 Å². The maximum Gasteiger partial charge on any atom is 0.170 e. The second-order valence-corrected chi connectivity index (χ2v) is 4.87. The van der Waals surface area contributed by atoms with Crippen LogP contribution in [0.4, 0.5) is 0 Å². The van der Waals surface area contributed by atoms with E-state index in [4.69, 9.17) is 11.6 Å². The van der Waals surface area contributed by atoms with E-state index in [0.717, 1.165) is 18.5 Å². The largest absolute Gasteiger partial charge is 0.294 e. The van der Waals surface area contributed by atoms with Gasteiger partial charge in [0.2, 0.25) is 0 Å². The number of halogens is 1. The number of benzene rings is 1. The van der Waals surface area contributed by atoms with Crippen LogP contribution in [0.5, 0.6) is 0 Å². The van der Waals surface area contributed by atoms with Crippen LogP contribution in [0.25, 0.3) is 0 Å². The van der Waals surface area contributed by atoms with Crippen molar-refractivity contribution < 1.29 is 4.79 Å². The molecular formula is C14H16ClN3O. The summed E-state index contributed by atoms with van der Waals surface area (Å²) in [5, 5.41) is 4.72. The van der Waals surface area contributed by atoms with Crippen molar-refractivity contribution in [1.82, 2.24) is 14.8 Å². The van der Waals surface area contributed by atoms with E-state index in [1.807, 2.05) is 13.0 Å². The van der Waals surface area contributed by atoms with Crippen molar-refractivity contribution in [3.8, 4) is 0 Å². The lowest BCUT2D eigenvalue weighted by atomic mass is 10.1. The topological polar surface area (TPSA) is 47.8 Å². The fourth-order valence-corrected chi connectivity index (χ4v) is 2.02. The minimum Gasteiger partial charge on any atom is -0.294 e. The van der Waals surface area contributed by atoms with E-state index in [1.54, 1.807) is 16.8 Å². The molecule has 100 valence electrons. The first kappa shape index (κ1) is 13.7. The molecule has 4 nitrogen and oxygen atoms in total. The zero-order chi connectivity index (χ0) is 13.8. The maximum atomic E-state index is 12.2. The van der Waals surface area contributed by atoms with Gasteiger partial charge in [0, 0.05) is 17.1 Å². The van der Waals surface area contributed by atoms with Gasteiger partial charge in [-0.05, 0) is 25.0 Å². The number of ketones is 1. The fraction of sp³-hybridized carbons (Fsp3) is 0.357. The molecule has 0 unspecified atom stereocenters. The zero-order valence-electron chi connectivity index (χ0n) is 11.1. The van der Waals surface area contributed by atoms with E-state index in [2.05, 4.69) is 17.0 Å². The van der Waals surface area contributed by atoms with E-state index in [9.17, 15) is 4.79 Å². The van der Waals surface area contributed by atoms with E-state index in [1.165, 1.54) is 6.33 Å². The van der Waals surface area contributed by atoms with Gasteiger partial charge >= 0.3 is 0 Å². The summed E-state index contributed by atoms with van der Waals surface area (Å²) in [5.41, 5.74) is 1.58. The fourth-order valence-electron chi connectivity index (χ4n) is 1.84. The first-order valence-electron chi connectivity index (χ1n) is 6.28. The molecule has 0 radical (unpaired) electrons. The van der Waals surface area contributed by atoms with E-state index >= 15 is 0 Å². The van der Waals surface area contributed by atoms with Crippen molar-refractivity contribution in [3.05, 3.63) is 46.5 Å². The Labute approximate surface area is 117 Å². The predicted molar refractivity (Wildman–Crippen MR) is 74.5 cm³/mol. The molecule has 0 aliphatic rings. The molecule has 0 amide bonds. The number of hydrogen-bond donors (Lipinski definition) is 0. The number of carbonyl (C=O) groups is 1. The highest BCUT2D eigenvalue weighted by Crippen LogP contribution is 2.17. The van der Waals surface area contributed by atoms with Gasteiger partial charge in [-0.15, -0.1) is 0 Å². The normalized spacial score (nSPS) is 10.7. The molecule has 0 N–H and O–H groups in total. The van der Waals surface area contributed by atoms with Crippen molar-refractivity contribution in [3.63, 3.8) is 0 Å². The lowest BCUT2D eigenvalue weighted by molar-refractivity contribution is 0.0989. The van der Waals surface area contributed by atoms with Crippen molar-refractivity contribution >= 4 is 17.4 Å². The van der Waals surface area contributed by atoms with Crippen LogP contribution in [-0.4, -0.2) is 20.5 Å². The Morgan fingerprint density at radius 2 is 2.21 bits per heavy atom. The van der Waals surface area contributed by atoms with Crippen molar-refractivity contribution in [2.24, 2.45) is 0 Å². The minimum atomic E-state index is 0.00672. The van der Waals surface area contributed by atoms with Gasteiger partial charge in [-0.2, -0.15) is 5.10 Å². The molecule has 0 fully saturated rings. The Morgan fingerprint density at radius 3 is 2.89 bits per heavy atom. The van der Waals surface area contributed by atoms with Crippen molar-refractivity contribution in [1.29, 1.82) is 0 Å². The van der Waals surface area contributed by atoms with Crippen LogP contribution in [0.1, 0.15) is 35.1 Å². The summed E-state index contributed by atoms with van der Waals surface area (Å²) in [7, 11) is 0. The Balaban J connectivity index is 2.16. The standard InChI is InChI=1S/C14H16ClN3O/c1-3-6-18-14(16-9-17-18)8-13(19)11-5-4-10(2)12(15)7-11/h4-5,7,9H,3,6,8H2,1-2H3. The smallest absolute Gasteiger partial charge is 0.170 e. The lowest BCUT2D eigenvalue weighted by Crippen LogP contribution is -2.11. The van der Waals surface area contributed by atoms with Crippen LogP contribution < -0.4 is 0 Å². The molecule has 0 atom stereocenters. The van der Waals surface area contributed by atoms with Gasteiger partial charge in [0.15, 0.2) is 5.78 Å². The molecule has 1 aromatic carbocycles. The van der Waals surface area contributed by atoms with Crippen molar-refractivity contribution in [2.45, 2.75) is 33.2 Å². The van der Waals surface area contributed by atoms with Crippen LogP contribution in [-0.2, 0) is 13.0 Å². The van der Waals surface area contributed by atoms with Crippen LogP contribution in [0.15, 0.2) is 24.5 Å². The highest BCUT2D eigenvalue weighted by atomic mass is 35.5. The number of aromatic nitrogens is 3. The minimum absolute atomic E-state index is 0.00672. The molecule has 19 heavy (non-hydrogen) atoms. The average molecular weight is 278 g/mol. The first-order chi connectivity index (χ1) is 9.11. The van der Waals surface area contributed by atoms with Gasteiger partial charge in [0.25, 0.3) is 0 Å². The van der Waals surface area contributed by atoms with Crippen LogP contribution in [0, 0.1) is 6.92 Å². The molecule has 1 aromatic heterocycles. The lowest BCUT2D eigenvalue weighted by Gasteiger charge is -2.05. The number of rotatable bonds is 5. The number of carbonyl (C=O) groups excluding carboxylic acids is 1. The van der Waals surface area contributed by atoms with Crippen LogP contribution in [0.2, 0.25) is 5.02 Å². The Kier molecular flexibility index (Phi) is 4.32. The average Bonchev–Trinajstić information content (AvgIpc) is 2.80. The number of aryl methyl sites for hydroxylation is 2. The molecule has 5 heteroatoms. The van der Waals surface area contributed by atoms with Crippen LogP contribution in [0.3, 0.4) is 0 Å². The summed E-state index contributed by atoms with van der Waals surface area (Å²) in [6.07, 6.45) is 2.70. The summed E-state index contributed by atoms with van der Waals surface area (Å²) in [5.74, 6) is 0.704. The molecule has 2 aromatic rings. The monoisotopic (exact) mass is 277 g/mol. The van der Waals surface area contributed by atoms with Gasteiger partial charge in [0.05, 0.1) is 6.42 Å². The summed E-state index contributed by atoms with van der Waals surface area (Å²) in [4.78, 5) is 16.3. The molecule has 0 aliphatic heterocycles. The van der Waals surface area contributed by atoms with Gasteiger partial charge in [-0.3, -0.25) is 4.79 Å². The van der Waals surface area contributed by atoms with E-state index in [-0.39, 0.29) is 12.2 Å². The SMILES string of the molecule is CCCn1ncnc1CC(=O)c1ccc(C)c(Cl)c1. The number of Topliss-reactive ketones (excluding diaryl/α,β-unsaturated/α-hetero) is 1. The molecule has 0 saturated heterocycles. The first-order valence-corrected chi connectivity index (χ1v) is 6.65. The predicted octanol–water partition coefficient (Wildman–Crippen LogP) is 3.08. The van der Waals surface area contributed by atoms with E-state index < -0.39 is 0 Å². The molecule has 0 aliphatic carbocycles. The van der Waals surface area contributed by atoms with Gasteiger partial charge in [0.1, 0.15) is 12.2 Å². The third kappa shape index (κ3) is 3.20. The molecule has 0 saturated carbocycles. The summed E-state index contributed by atoms with van der Waals surface area (Å²) in [6.45, 7) is 4.75. The Morgan fingerprint density at radius 1 is 1.42 bits per heavy atom. The van der Waals surface area contributed by atoms with E-state index in [0.29, 0.717) is 16.4 Å². The quantitative estimate of drug-likeness (QED) is 0.789. The maximum absolute atomic E-state index is 12.2. The third-order valence-corrected chi connectivity index (χ3v) is 3.35. The summed E-state index contributed by atoms with van der Waals surface area (Å²) >= 11 is 6.04. The second-order valence-electron chi connectivity index (χ2n) is 4.46. The van der Waals surface area contributed by atoms with Gasteiger partial charge in [-0.1, -0.05) is 30.7 Å². The summed E-state index contributed by atoms with van der Waals surface area (Å²) < 4.78 is 1.77.